The molecule has 1 aliphatic heterocycles. The molecule has 1 aliphatic rings. The van der Waals surface area contributed by atoms with Crippen LogP contribution in [0.3, 0.4) is 0 Å². The number of amides is 3. The summed E-state index contributed by atoms with van der Waals surface area (Å²) in [7, 11) is 0. The maximum absolute atomic E-state index is 13.0. The Hall–Kier alpha value is -2.87. The van der Waals surface area contributed by atoms with Crippen molar-refractivity contribution < 1.29 is 24.2 Å². The number of aliphatic hydroxyl groups is 1. The molecule has 0 bridgehead atoms. The first-order valence-corrected chi connectivity index (χ1v) is 11.2. The van der Waals surface area contributed by atoms with Gasteiger partial charge in [0, 0.05) is 12.5 Å². The van der Waals surface area contributed by atoms with Crippen molar-refractivity contribution in [1.82, 2.24) is 16.0 Å². The van der Waals surface area contributed by atoms with E-state index in [0.29, 0.717) is 25.8 Å². The van der Waals surface area contributed by atoms with E-state index in [4.69, 9.17) is 4.74 Å². The number of alkyl carbamates (subject to hydrolysis) is 1. The van der Waals surface area contributed by atoms with Gasteiger partial charge in [-0.25, -0.2) is 4.79 Å². The van der Waals surface area contributed by atoms with E-state index in [9.17, 15) is 19.5 Å². The molecule has 32 heavy (non-hydrogen) atoms. The smallest absolute Gasteiger partial charge is 0.408 e. The molecule has 4 N–H and O–H groups in total. The summed E-state index contributed by atoms with van der Waals surface area (Å²) < 4.78 is 5.26. The summed E-state index contributed by atoms with van der Waals surface area (Å²) in [5, 5.41) is 18.8. The van der Waals surface area contributed by atoms with Gasteiger partial charge in [0.15, 0.2) is 0 Å². The molecule has 2 rings (SSSR count). The number of carbonyl (C=O) groups excluding carboxylic acids is 3. The van der Waals surface area contributed by atoms with Gasteiger partial charge in [-0.1, -0.05) is 56.3 Å². The van der Waals surface area contributed by atoms with Gasteiger partial charge < -0.3 is 25.8 Å². The van der Waals surface area contributed by atoms with E-state index in [1.807, 2.05) is 44.2 Å². The van der Waals surface area contributed by atoms with Gasteiger partial charge in [0.05, 0.1) is 12.1 Å². The Labute approximate surface area is 189 Å². The lowest BCUT2D eigenvalue weighted by Crippen LogP contribution is -2.53. The summed E-state index contributed by atoms with van der Waals surface area (Å²) in [5.41, 5.74) is 0.844. The van der Waals surface area contributed by atoms with Crippen LogP contribution in [0, 0.1) is 11.8 Å². The molecule has 8 nitrogen and oxygen atoms in total. The largest absolute Gasteiger partial charge is 0.445 e. The Bertz CT molecular complexity index is 781. The van der Waals surface area contributed by atoms with Crippen molar-refractivity contribution in [3.8, 4) is 0 Å². The van der Waals surface area contributed by atoms with Gasteiger partial charge >= 0.3 is 6.09 Å². The lowest BCUT2D eigenvalue weighted by Gasteiger charge is -2.27. The summed E-state index contributed by atoms with van der Waals surface area (Å²) in [4.78, 5) is 37.4. The van der Waals surface area contributed by atoms with Crippen molar-refractivity contribution >= 4 is 17.9 Å². The highest BCUT2D eigenvalue weighted by atomic mass is 16.5. The highest BCUT2D eigenvalue weighted by molar-refractivity contribution is 5.86. The minimum absolute atomic E-state index is 0.0710. The number of allylic oxidation sites excluding steroid dienone is 1. The van der Waals surface area contributed by atoms with E-state index in [2.05, 4.69) is 16.0 Å². The minimum Gasteiger partial charge on any atom is -0.445 e. The zero-order valence-corrected chi connectivity index (χ0v) is 19.0. The topological polar surface area (TPSA) is 117 Å². The van der Waals surface area contributed by atoms with Crippen LogP contribution in [-0.2, 0) is 20.9 Å². The highest BCUT2D eigenvalue weighted by Gasteiger charge is 2.32. The van der Waals surface area contributed by atoms with Gasteiger partial charge in [0.25, 0.3) is 0 Å². The number of nitrogens with one attached hydrogen (secondary N) is 3. The maximum Gasteiger partial charge on any atom is 0.408 e. The van der Waals surface area contributed by atoms with Crippen LogP contribution in [0.2, 0.25) is 0 Å². The van der Waals surface area contributed by atoms with Gasteiger partial charge in [0.1, 0.15) is 12.6 Å². The molecule has 0 aliphatic carbocycles. The number of carbonyl (C=O) groups is 3. The van der Waals surface area contributed by atoms with Crippen LogP contribution in [0.5, 0.6) is 0 Å². The Morgan fingerprint density at radius 2 is 1.97 bits per heavy atom. The van der Waals surface area contributed by atoms with Crippen LogP contribution >= 0.6 is 0 Å². The molecule has 1 unspecified atom stereocenters. The third-order valence-corrected chi connectivity index (χ3v) is 5.36. The number of ether oxygens (including phenoxy) is 1. The van der Waals surface area contributed by atoms with Crippen molar-refractivity contribution in [2.45, 2.75) is 64.8 Å². The predicted molar refractivity (Wildman–Crippen MR) is 121 cm³/mol. The molecule has 4 atom stereocenters. The maximum atomic E-state index is 13.0. The molecule has 0 saturated carbocycles. The fraction of sp³-hybridized carbons (Fsp3) is 0.542. The molecule has 0 radical (unpaired) electrons. The van der Waals surface area contributed by atoms with E-state index in [0.717, 1.165) is 5.56 Å². The minimum atomic E-state index is -0.943. The lowest BCUT2D eigenvalue weighted by molar-refractivity contribution is -0.126. The SMILES string of the molecule is C/C=C/C(O)[C@H](C[C@@H]1CCNC1=O)NC(=O)[C@H](CC(C)C)NC(=O)OCc1ccccc1. The third-order valence-electron chi connectivity index (χ3n) is 5.36. The summed E-state index contributed by atoms with van der Waals surface area (Å²) in [6.45, 7) is 6.37. The summed E-state index contributed by atoms with van der Waals surface area (Å²) in [6, 6.07) is 7.80. The number of aliphatic hydroxyl groups excluding tert-OH is 1. The molecule has 0 spiro atoms. The van der Waals surface area contributed by atoms with Crippen LogP contribution in [0.15, 0.2) is 42.5 Å². The Morgan fingerprint density at radius 1 is 1.25 bits per heavy atom. The molecule has 1 saturated heterocycles. The van der Waals surface area contributed by atoms with Crippen LogP contribution in [0.25, 0.3) is 0 Å². The lowest BCUT2D eigenvalue weighted by atomic mass is 9.94. The normalized spacial score (nSPS) is 18.8. The zero-order valence-electron chi connectivity index (χ0n) is 19.0. The van der Waals surface area contributed by atoms with E-state index < -0.39 is 30.2 Å². The van der Waals surface area contributed by atoms with Gasteiger partial charge in [-0.05, 0) is 37.7 Å². The molecule has 1 aromatic carbocycles. The molecule has 1 fully saturated rings. The van der Waals surface area contributed by atoms with Gasteiger partial charge in [-0.15, -0.1) is 0 Å². The average molecular weight is 446 g/mol. The number of benzene rings is 1. The molecule has 8 heteroatoms. The van der Waals surface area contributed by atoms with Crippen LogP contribution < -0.4 is 16.0 Å². The van der Waals surface area contributed by atoms with E-state index in [1.165, 1.54) is 0 Å². The molecule has 3 amide bonds. The number of hydrogen-bond acceptors (Lipinski definition) is 5. The summed E-state index contributed by atoms with van der Waals surface area (Å²) >= 11 is 0. The van der Waals surface area contributed by atoms with Crippen molar-refractivity contribution in [3.05, 3.63) is 48.0 Å². The molecular formula is C24H35N3O5. The molecular weight excluding hydrogens is 410 g/mol. The summed E-state index contributed by atoms with van der Waals surface area (Å²) in [5.74, 6) is -0.618. The van der Waals surface area contributed by atoms with Crippen LogP contribution in [0.1, 0.15) is 45.6 Å². The van der Waals surface area contributed by atoms with Crippen molar-refractivity contribution in [2.75, 3.05) is 6.54 Å². The fourth-order valence-corrected chi connectivity index (χ4v) is 3.68. The van der Waals surface area contributed by atoms with E-state index in [-0.39, 0.29) is 24.3 Å². The molecule has 1 aromatic rings. The first-order valence-electron chi connectivity index (χ1n) is 11.2. The quantitative estimate of drug-likeness (QED) is 0.390. The van der Waals surface area contributed by atoms with Crippen molar-refractivity contribution in [1.29, 1.82) is 0 Å². The monoisotopic (exact) mass is 445 g/mol. The highest BCUT2D eigenvalue weighted by Crippen LogP contribution is 2.19. The van der Waals surface area contributed by atoms with Crippen LogP contribution in [-0.4, -0.2) is 47.7 Å². The molecule has 176 valence electrons. The number of rotatable bonds is 11. The number of hydrogen-bond donors (Lipinski definition) is 4. The standard InChI is InChI=1S/C24H35N3O5/c1-4-8-21(28)19(14-18-11-12-25-22(18)29)26-23(30)20(13-16(2)3)27-24(31)32-15-17-9-6-5-7-10-17/h4-10,16,18-21,28H,11-15H2,1-3H3,(H,25,29)(H,26,30)(H,27,31)/b8-4+/t18-,19-,20-,21?/m0/s1. The third kappa shape index (κ3) is 8.34. The van der Waals surface area contributed by atoms with Crippen molar-refractivity contribution in [2.24, 2.45) is 11.8 Å². The van der Waals surface area contributed by atoms with Crippen LogP contribution in [0.4, 0.5) is 4.79 Å². The average Bonchev–Trinajstić information content (AvgIpc) is 3.16. The predicted octanol–water partition coefficient (Wildman–Crippen LogP) is 2.28. The molecule has 0 aromatic heterocycles. The second-order valence-corrected chi connectivity index (χ2v) is 8.53. The van der Waals surface area contributed by atoms with Gasteiger partial charge in [0.2, 0.25) is 11.8 Å². The Balaban J connectivity index is 2.02. The van der Waals surface area contributed by atoms with Gasteiger partial charge in [-0.2, -0.15) is 0 Å². The molecule has 1 heterocycles. The zero-order chi connectivity index (χ0) is 23.5. The van der Waals surface area contributed by atoms with E-state index >= 15 is 0 Å². The fourth-order valence-electron chi connectivity index (χ4n) is 3.68. The Morgan fingerprint density at radius 3 is 2.56 bits per heavy atom. The van der Waals surface area contributed by atoms with Gasteiger partial charge in [-0.3, -0.25) is 9.59 Å². The summed E-state index contributed by atoms with van der Waals surface area (Å²) in [6.07, 6.45) is 3.03. The first kappa shape index (κ1) is 25.4. The first-order chi connectivity index (χ1) is 15.3. The Kier molecular flexibility index (Phi) is 10.2. The van der Waals surface area contributed by atoms with Crippen molar-refractivity contribution in [3.63, 3.8) is 0 Å². The second kappa shape index (κ2) is 12.9. The van der Waals surface area contributed by atoms with E-state index in [1.54, 1.807) is 19.1 Å². The second-order valence-electron chi connectivity index (χ2n) is 8.53.